The molecule has 2 amide bonds. The van der Waals surface area contributed by atoms with Crippen molar-refractivity contribution >= 4 is 23.8 Å². The molecular weight excluding hydrogens is 252 g/mol. The van der Waals surface area contributed by atoms with Gasteiger partial charge in [0.25, 0.3) is 0 Å². The van der Waals surface area contributed by atoms with Crippen molar-refractivity contribution in [1.29, 1.82) is 0 Å². The number of carbonyl (C=O) groups excluding carboxylic acids is 1. The van der Waals surface area contributed by atoms with Gasteiger partial charge in [0.15, 0.2) is 0 Å². The minimum atomic E-state index is -0.926. The molecule has 3 atom stereocenters. The van der Waals surface area contributed by atoms with Gasteiger partial charge in [0, 0.05) is 11.8 Å². The highest BCUT2D eigenvalue weighted by Gasteiger charge is 2.43. The van der Waals surface area contributed by atoms with Gasteiger partial charge in [0.1, 0.15) is 6.04 Å². The molecule has 1 aliphatic heterocycles. The van der Waals surface area contributed by atoms with E-state index >= 15 is 0 Å². The molecule has 2 N–H and O–H groups in total. The van der Waals surface area contributed by atoms with Crippen molar-refractivity contribution in [3.63, 3.8) is 0 Å². The van der Waals surface area contributed by atoms with E-state index in [1.165, 1.54) is 4.90 Å². The third kappa shape index (κ3) is 3.31. The lowest BCUT2D eigenvalue weighted by atomic mass is 10.1. The van der Waals surface area contributed by atoms with Gasteiger partial charge >= 0.3 is 12.0 Å². The summed E-state index contributed by atoms with van der Waals surface area (Å²) in [5.41, 5.74) is 0. The number of hydrogen-bond acceptors (Lipinski definition) is 3. The van der Waals surface area contributed by atoms with E-state index in [0.717, 1.165) is 6.42 Å². The average Bonchev–Trinajstić information content (AvgIpc) is 2.73. The third-order valence-electron chi connectivity index (χ3n) is 3.11. The van der Waals surface area contributed by atoms with Crippen LogP contribution in [0.15, 0.2) is 0 Å². The summed E-state index contributed by atoms with van der Waals surface area (Å²) in [5, 5.41) is 12.0. The van der Waals surface area contributed by atoms with Crippen LogP contribution in [0.5, 0.6) is 0 Å². The van der Waals surface area contributed by atoms with E-state index in [4.69, 9.17) is 0 Å². The number of aliphatic carboxylic acids is 1. The largest absolute Gasteiger partial charge is 0.480 e. The molecule has 1 rings (SSSR count). The Morgan fingerprint density at radius 3 is 2.50 bits per heavy atom. The lowest BCUT2D eigenvalue weighted by Crippen LogP contribution is -2.53. The van der Waals surface area contributed by atoms with Crippen molar-refractivity contribution in [2.45, 2.75) is 51.6 Å². The van der Waals surface area contributed by atoms with Crippen LogP contribution in [0.1, 0.15) is 34.1 Å². The quantitative estimate of drug-likeness (QED) is 0.822. The molecule has 0 aliphatic carbocycles. The van der Waals surface area contributed by atoms with Crippen molar-refractivity contribution in [2.24, 2.45) is 5.92 Å². The number of carboxylic acid groups (broad SMARTS) is 1. The Balaban J connectivity index is 2.82. The molecule has 1 aliphatic rings. The van der Waals surface area contributed by atoms with Crippen LogP contribution in [-0.4, -0.2) is 45.2 Å². The fourth-order valence-corrected chi connectivity index (χ4v) is 3.35. The highest BCUT2D eigenvalue weighted by Crippen LogP contribution is 2.34. The Bertz CT molecular complexity index is 322. The summed E-state index contributed by atoms with van der Waals surface area (Å²) in [6, 6.07) is -0.919. The Labute approximate surface area is 112 Å². The second-order valence-corrected chi connectivity index (χ2v) is 6.14. The van der Waals surface area contributed by atoms with E-state index in [1.54, 1.807) is 11.8 Å². The number of rotatable bonds is 4. The molecule has 0 aromatic rings. The summed E-state index contributed by atoms with van der Waals surface area (Å²) in [6.07, 6.45) is 0.830. The van der Waals surface area contributed by atoms with E-state index in [2.05, 4.69) is 5.32 Å². The molecule has 5 nitrogen and oxygen atoms in total. The summed E-state index contributed by atoms with van der Waals surface area (Å²) in [4.78, 5) is 24.9. The maximum atomic E-state index is 12.2. The highest BCUT2D eigenvalue weighted by atomic mass is 32.2. The Hall–Kier alpha value is -0.910. The first-order valence-electron chi connectivity index (χ1n) is 6.31. The van der Waals surface area contributed by atoms with Crippen LogP contribution in [0.3, 0.4) is 0 Å². The van der Waals surface area contributed by atoms with Crippen molar-refractivity contribution in [3.8, 4) is 0 Å². The maximum Gasteiger partial charge on any atom is 0.327 e. The van der Waals surface area contributed by atoms with E-state index in [9.17, 15) is 14.7 Å². The van der Waals surface area contributed by atoms with Gasteiger partial charge in [-0.25, -0.2) is 9.59 Å². The fourth-order valence-electron chi connectivity index (χ4n) is 1.88. The summed E-state index contributed by atoms with van der Waals surface area (Å²) in [6.45, 7) is 7.91. The van der Waals surface area contributed by atoms with Gasteiger partial charge in [-0.1, -0.05) is 20.8 Å². The van der Waals surface area contributed by atoms with Crippen molar-refractivity contribution in [3.05, 3.63) is 0 Å². The van der Waals surface area contributed by atoms with Crippen LogP contribution >= 0.6 is 11.8 Å². The van der Waals surface area contributed by atoms with Gasteiger partial charge in [-0.05, 0) is 19.3 Å². The van der Waals surface area contributed by atoms with Gasteiger partial charge in [-0.3, -0.25) is 4.90 Å². The van der Waals surface area contributed by atoms with Crippen LogP contribution in [0.2, 0.25) is 0 Å². The summed E-state index contributed by atoms with van der Waals surface area (Å²) in [5.74, 6) is -0.224. The molecule has 18 heavy (non-hydrogen) atoms. The van der Waals surface area contributed by atoms with Crippen molar-refractivity contribution in [2.75, 3.05) is 5.75 Å². The minimum Gasteiger partial charge on any atom is -0.480 e. The molecule has 0 aromatic carbocycles. The van der Waals surface area contributed by atoms with Gasteiger partial charge in [0.2, 0.25) is 0 Å². The lowest BCUT2D eigenvalue weighted by Gasteiger charge is -2.30. The monoisotopic (exact) mass is 274 g/mol. The van der Waals surface area contributed by atoms with E-state index in [0.29, 0.717) is 5.75 Å². The number of nitrogens with one attached hydrogen (secondary N) is 1. The molecule has 1 saturated heterocycles. The zero-order valence-electron chi connectivity index (χ0n) is 11.3. The molecule has 0 saturated carbocycles. The first-order chi connectivity index (χ1) is 8.38. The second kappa shape index (κ2) is 6.31. The average molecular weight is 274 g/mol. The van der Waals surface area contributed by atoms with E-state index in [1.807, 2.05) is 27.7 Å². The molecule has 0 radical (unpaired) electrons. The van der Waals surface area contributed by atoms with Crippen LogP contribution in [-0.2, 0) is 4.79 Å². The molecule has 3 unspecified atom stereocenters. The predicted octanol–water partition coefficient (Wildman–Crippen LogP) is 1.98. The molecule has 0 aromatic heterocycles. The topological polar surface area (TPSA) is 69.6 Å². The number of amides is 2. The van der Waals surface area contributed by atoms with Crippen LogP contribution in [0, 0.1) is 5.92 Å². The molecule has 6 heteroatoms. The standard InChI is InChI=1S/C12H22N2O3S/c1-5-8(4)13-12(17)14-9(11(15)16)6-18-10(14)7(2)3/h7-10H,5-6H2,1-4H3,(H,13,17)(H,15,16). The normalized spacial score (nSPS) is 25.3. The van der Waals surface area contributed by atoms with Crippen LogP contribution in [0.25, 0.3) is 0 Å². The zero-order valence-corrected chi connectivity index (χ0v) is 12.2. The molecule has 0 bridgehead atoms. The smallest absolute Gasteiger partial charge is 0.327 e. The minimum absolute atomic E-state index is 0.0600. The van der Waals surface area contributed by atoms with Crippen LogP contribution in [0.4, 0.5) is 4.79 Å². The van der Waals surface area contributed by atoms with Gasteiger partial charge in [-0.15, -0.1) is 11.8 Å². The van der Waals surface area contributed by atoms with E-state index < -0.39 is 12.0 Å². The zero-order chi connectivity index (χ0) is 13.9. The highest BCUT2D eigenvalue weighted by molar-refractivity contribution is 8.00. The first-order valence-corrected chi connectivity index (χ1v) is 7.36. The summed E-state index contributed by atoms with van der Waals surface area (Å²) in [7, 11) is 0. The number of nitrogens with zero attached hydrogens (tertiary/aromatic N) is 1. The Kier molecular flexibility index (Phi) is 5.31. The van der Waals surface area contributed by atoms with Crippen molar-refractivity contribution in [1.82, 2.24) is 10.2 Å². The molecule has 1 fully saturated rings. The fraction of sp³-hybridized carbons (Fsp3) is 0.833. The van der Waals surface area contributed by atoms with Crippen LogP contribution < -0.4 is 5.32 Å². The number of carboxylic acids is 1. The maximum absolute atomic E-state index is 12.2. The Morgan fingerprint density at radius 1 is 1.44 bits per heavy atom. The first kappa shape index (κ1) is 15.1. The molecule has 1 heterocycles. The SMILES string of the molecule is CCC(C)NC(=O)N1C(C(=O)O)CSC1C(C)C. The second-order valence-electron chi connectivity index (χ2n) is 4.99. The number of urea groups is 1. The summed E-state index contributed by atoms with van der Waals surface area (Å²) < 4.78 is 0. The molecule has 104 valence electrons. The molecule has 0 spiro atoms. The third-order valence-corrected chi connectivity index (χ3v) is 4.73. The van der Waals surface area contributed by atoms with Crippen molar-refractivity contribution < 1.29 is 14.7 Å². The van der Waals surface area contributed by atoms with E-state index in [-0.39, 0.29) is 23.4 Å². The number of hydrogen-bond donors (Lipinski definition) is 2. The molecular formula is C12H22N2O3S. The Morgan fingerprint density at radius 2 is 2.06 bits per heavy atom. The number of carbonyl (C=O) groups is 2. The predicted molar refractivity (Wildman–Crippen MR) is 72.6 cm³/mol. The summed E-state index contributed by atoms with van der Waals surface area (Å²) >= 11 is 1.54. The van der Waals surface area contributed by atoms with Gasteiger partial charge < -0.3 is 10.4 Å². The lowest BCUT2D eigenvalue weighted by molar-refractivity contribution is -0.141. The van der Waals surface area contributed by atoms with Gasteiger partial charge in [-0.2, -0.15) is 0 Å². The van der Waals surface area contributed by atoms with Gasteiger partial charge in [0.05, 0.1) is 5.37 Å². The number of thioether (sulfide) groups is 1.